The van der Waals surface area contributed by atoms with E-state index in [9.17, 15) is 14.0 Å². The Balaban J connectivity index is 1.92. The lowest BCUT2D eigenvalue weighted by Gasteiger charge is -2.37. The Bertz CT molecular complexity index is 554. The number of benzene rings is 1. The summed E-state index contributed by atoms with van der Waals surface area (Å²) in [5.74, 6) is -1.37. The van der Waals surface area contributed by atoms with E-state index in [1.54, 1.807) is 12.1 Å². The molecule has 3 atom stereocenters. The number of hydrogen-bond acceptors (Lipinski definition) is 3. The average molecular weight is 291 g/mol. The van der Waals surface area contributed by atoms with Gasteiger partial charge in [0.2, 0.25) is 11.8 Å². The van der Waals surface area contributed by atoms with Crippen LogP contribution in [0.3, 0.4) is 0 Å². The normalized spacial score (nSPS) is 30.0. The van der Waals surface area contributed by atoms with Crippen LogP contribution in [-0.4, -0.2) is 25.0 Å². The number of carbonyl (C=O) groups is 2. The number of halogens is 1. The molecular weight excluding hydrogens is 273 g/mol. The van der Waals surface area contributed by atoms with E-state index in [-0.39, 0.29) is 29.5 Å². The van der Waals surface area contributed by atoms with Gasteiger partial charge < -0.3 is 4.74 Å². The third-order valence-corrected chi connectivity index (χ3v) is 4.40. The molecule has 2 saturated heterocycles. The highest BCUT2D eigenvalue weighted by molar-refractivity contribution is 6.01. The topological polar surface area (TPSA) is 55.4 Å². The Morgan fingerprint density at radius 3 is 2.86 bits per heavy atom. The van der Waals surface area contributed by atoms with Crippen LogP contribution >= 0.6 is 0 Å². The van der Waals surface area contributed by atoms with Gasteiger partial charge in [-0.1, -0.05) is 12.1 Å². The van der Waals surface area contributed by atoms with Crippen molar-refractivity contribution in [2.75, 3.05) is 13.2 Å². The lowest BCUT2D eigenvalue weighted by Crippen LogP contribution is -2.47. The molecule has 2 fully saturated rings. The zero-order chi connectivity index (χ0) is 14.8. The molecule has 0 spiro atoms. The molecular formula is C16H18FNO3. The summed E-state index contributed by atoms with van der Waals surface area (Å²) in [4.78, 5) is 24.0. The molecule has 21 heavy (non-hydrogen) atoms. The van der Waals surface area contributed by atoms with Crippen LogP contribution in [0.15, 0.2) is 24.3 Å². The molecule has 112 valence electrons. The number of piperidine rings is 1. The predicted octanol–water partition coefficient (Wildman–Crippen LogP) is 2.00. The Kier molecular flexibility index (Phi) is 4.01. The summed E-state index contributed by atoms with van der Waals surface area (Å²) in [6.45, 7) is 1.30. The van der Waals surface area contributed by atoms with Gasteiger partial charge in [-0.15, -0.1) is 0 Å². The molecule has 2 aliphatic heterocycles. The summed E-state index contributed by atoms with van der Waals surface area (Å²) in [6.07, 6.45) is 2.17. The van der Waals surface area contributed by atoms with Crippen LogP contribution < -0.4 is 5.32 Å². The number of nitrogens with one attached hydrogen (secondary N) is 1. The molecule has 3 unspecified atom stereocenters. The zero-order valence-corrected chi connectivity index (χ0v) is 11.7. The summed E-state index contributed by atoms with van der Waals surface area (Å²) in [6, 6.07) is 6.09. The Labute approximate surface area is 122 Å². The Hall–Kier alpha value is -1.75. The van der Waals surface area contributed by atoms with E-state index in [2.05, 4.69) is 5.32 Å². The third kappa shape index (κ3) is 2.97. The van der Waals surface area contributed by atoms with Gasteiger partial charge in [-0.3, -0.25) is 14.9 Å². The summed E-state index contributed by atoms with van der Waals surface area (Å²) >= 11 is 0. The van der Waals surface area contributed by atoms with E-state index in [4.69, 9.17) is 4.74 Å². The smallest absolute Gasteiger partial charge is 0.234 e. The first-order valence-electron chi connectivity index (χ1n) is 7.32. The van der Waals surface area contributed by atoms with Crippen molar-refractivity contribution in [1.82, 2.24) is 5.32 Å². The van der Waals surface area contributed by atoms with Gasteiger partial charge in [0, 0.05) is 19.6 Å². The second kappa shape index (κ2) is 5.93. The van der Waals surface area contributed by atoms with Crippen molar-refractivity contribution in [3.05, 3.63) is 35.6 Å². The first-order chi connectivity index (χ1) is 10.1. The van der Waals surface area contributed by atoms with Crippen molar-refractivity contribution >= 4 is 11.8 Å². The number of carbonyl (C=O) groups excluding carboxylic acids is 2. The van der Waals surface area contributed by atoms with Crippen LogP contribution in [-0.2, 0) is 14.3 Å². The van der Waals surface area contributed by atoms with Crippen LogP contribution in [0.1, 0.15) is 30.7 Å². The van der Waals surface area contributed by atoms with Crippen molar-refractivity contribution in [1.29, 1.82) is 0 Å². The Morgan fingerprint density at radius 2 is 2.14 bits per heavy atom. The molecule has 3 rings (SSSR count). The third-order valence-electron chi connectivity index (χ3n) is 4.40. The maximum atomic E-state index is 13.5. The van der Waals surface area contributed by atoms with Crippen molar-refractivity contribution in [2.45, 2.75) is 25.2 Å². The molecule has 0 radical (unpaired) electrons. The van der Waals surface area contributed by atoms with Gasteiger partial charge in [-0.05, 0) is 42.4 Å². The second-order valence-corrected chi connectivity index (χ2v) is 5.79. The van der Waals surface area contributed by atoms with E-state index in [1.807, 2.05) is 0 Å². The fraction of sp³-hybridized carbons (Fsp3) is 0.500. The fourth-order valence-corrected chi connectivity index (χ4v) is 3.43. The van der Waals surface area contributed by atoms with Gasteiger partial charge in [-0.25, -0.2) is 4.39 Å². The first-order valence-corrected chi connectivity index (χ1v) is 7.32. The molecule has 2 aliphatic rings. The van der Waals surface area contributed by atoms with Crippen molar-refractivity contribution in [2.24, 2.45) is 11.8 Å². The van der Waals surface area contributed by atoms with E-state index in [1.165, 1.54) is 12.1 Å². The van der Waals surface area contributed by atoms with Crippen LogP contribution in [0.4, 0.5) is 4.39 Å². The predicted molar refractivity (Wildman–Crippen MR) is 73.9 cm³/mol. The van der Waals surface area contributed by atoms with Crippen molar-refractivity contribution in [3.8, 4) is 0 Å². The molecule has 1 N–H and O–H groups in total. The molecule has 1 aromatic rings. The molecule has 2 heterocycles. The number of hydrogen-bond donors (Lipinski definition) is 1. The van der Waals surface area contributed by atoms with E-state index in [0.717, 1.165) is 19.4 Å². The quantitative estimate of drug-likeness (QED) is 0.848. The standard InChI is InChI=1S/C16H18FNO3/c17-12-5-1-3-10(7-12)15-13(8-14(19)18-16(15)20)11-4-2-6-21-9-11/h1,3,5,7,11,13,15H,2,4,6,8-9H2,(H,18,19,20). The fourth-order valence-electron chi connectivity index (χ4n) is 3.43. The van der Waals surface area contributed by atoms with Crippen LogP contribution in [0, 0.1) is 17.7 Å². The summed E-state index contributed by atoms with van der Waals surface area (Å²) < 4.78 is 19.0. The maximum Gasteiger partial charge on any atom is 0.234 e. The molecule has 0 bridgehead atoms. The van der Waals surface area contributed by atoms with E-state index >= 15 is 0 Å². The highest BCUT2D eigenvalue weighted by Crippen LogP contribution is 2.39. The second-order valence-electron chi connectivity index (χ2n) is 5.79. The van der Waals surface area contributed by atoms with Gasteiger partial charge in [0.25, 0.3) is 0 Å². The molecule has 0 aliphatic carbocycles. The minimum Gasteiger partial charge on any atom is -0.381 e. The monoisotopic (exact) mass is 291 g/mol. The van der Waals surface area contributed by atoms with E-state index in [0.29, 0.717) is 18.6 Å². The summed E-state index contributed by atoms with van der Waals surface area (Å²) in [7, 11) is 0. The highest BCUT2D eigenvalue weighted by atomic mass is 19.1. The minimum atomic E-state index is -0.481. The van der Waals surface area contributed by atoms with Gasteiger partial charge in [0.1, 0.15) is 5.82 Å². The minimum absolute atomic E-state index is 0.117. The molecule has 5 heteroatoms. The molecule has 2 amide bonds. The zero-order valence-electron chi connectivity index (χ0n) is 11.7. The highest BCUT2D eigenvalue weighted by Gasteiger charge is 2.41. The van der Waals surface area contributed by atoms with Crippen molar-refractivity contribution in [3.63, 3.8) is 0 Å². The molecule has 1 aromatic carbocycles. The van der Waals surface area contributed by atoms with Crippen LogP contribution in [0.25, 0.3) is 0 Å². The average Bonchev–Trinajstić information content (AvgIpc) is 2.47. The summed E-state index contributed by atoms with van der Waals surface area (Å²) in [5, 5.41) is 2.38. The lowest BCUT2D eigenvalue weighted by molar-refractivity contribution is -0.138. The molecule has 0 saturated carbocycles. The van der Waals surface area contributed by atoms with Gasteiger partial charge in [-0.2, -0.15) is 0 Å². The van der Waals surface area contributed by atoms with Gasteiger partial charge in [0.15, 0.2) is 0 Å². The SMILES string of the molecule is O=C1CC(C2CCCOC2)C(c2cccc(F)c2)C(=O)N1. The number of imide groups is 1. The number of amides is 2. The van der Waals surface area contributed by atoms with Crippen molar-refractivity contribution < 1.29 is 18.7 Å². The number of rotatable bonds is 2. The molecule has 4 nitrogen and oxygen atoms in total. The number of ether oxygens (including phenoxy) is 1. The van der Waals surface area contributed by atoms with E-state index < -0.39 is 5.92 Å². The summed E-state index contributed by atoms with van der Waals surface area (Å²) in [5.41, 5.74) is 0.635. The largest absolute Gasteiger partial charge is 0.381 e. The van der Waals surface area contributed by atoms with Gasteiger partial charge in [0.05, 0.1) is 5.92 Å². The molecule has 0 aromatic heterocycles. The van der Waals surface area contributed by atoms with Crippen LogP contribution in [0.2, 0.25) is 0 Å². The lowest BCUT2D eigenvalue weighted by atomic mass is 9.72. The van der Waals surface area contributed by atoms with Gasteiger partial charge >= 0.3 is 0 Å². The Morgan fingerprint density at radius 1 is 1.29 bits per heavy atom. The first kappa shape index (κ1) is 14.2. The maximum absolute atomic E-state index is 13.5. The van der Waals surface area contributed by atoms with Crippen LogP contribution in [0.5, 0.6) is 0 Å².